The molecule has 6 heterocycles. The van der Waals surface area contributed by atoms with Gasteiger partial charge in [-0.25, -0.2) is 0 Å². The lowest BCUT2D eigenvalue weighted by molar-refractivity contribution is -0.136. The van der Waals surface area contributed by atoms with E-state index in [9.17, 15) is 29.2 Å². The van der Waals surface area contributed by atoms with Gasteiger partial charge in [0.25, 0.3) is 17.7 Å². The van der Waals surface area contributed by atoms with Crippen molar-refractivity contribution >= 4 is 58.2 Å². The third kappa shape index (κ3) is 6.54. The molecule has 5 fully saturated rings. The highest BCUT2D eigenvalue weighted by molar-refractivity contribution is 6.32. The average molecular weight is 775 g/mol. The number of piperazine rings is 1. The number of benzene rings is 3. The summed E-state index contributed by atoms with van der Waals surface area (Å²) in [5, 5.41) is 11.9. The van der Waals surface area contributed by atoms with Crippen LogP contribution in [0.2, 0.25) is 5.02 Å². The van der Waals surface area contributed by atoms with Crippen molar-refractivity contribution in [2.75, 3.05) is 86.7 Å². The highest BCUT2D eigenvalue weighted by Crippen LogP contribution is 2.42. The zero-order chi connectivity index (χ0) is 38.7. The Kier molecular flexibility index (Phi) is 9.21. The zero-order valence-corrected chi connectivity index (χ0v) is 31.8. The van der Waals surface area contributed by atoms with Crippen molar-refractivity contribution < 1.29 is 24.0 Å². The van der Waals surface area contributed by atoms with Gasteiger partial charge in [-0.2, -0.15) is 5.26 Å². The van der Waals surface area contributed by atoms with Crippen LogP contribution < -0.4 is 20.0 Å². The molecule has 3 aromatic rings. The molecule has 288 valence electrons. The number of amides is 5. The molecule has 0 radical (unpaired) electrons. The molecule has 56 heavy (non-hydrogen) atoms. The molecular formula is C42H43ClN8O5. The number of nitriles is 1. The van der Waals surface area contributed by atoms with Gasteiger partial charge in [-0.1, -0.05) is 11.6 Å². The first-order chi connectivity index (χ1) is 27.1. The molecular weight excluding hydrogens is 732 g/mol. The first-order valence-electron chi connectivity index (χ1n) is 19.5. The molecule has 1 spiro atoms. The number of carbonyl (C=O) groups is 5. The lowest BCUT2D eigenvalue weighted by Gasteiger charge is -2.45. The van der Waals surface area contributed by atoms with E-state index in [-0.39, 0.29) is 24.2 Å². The van der Waals surface area contributed by atoms with Crippen molar-refractivity contribution in [1.29, 1.82) is 5.26 Å². The number of rotatable bonds is 7. The number of halogens is 1. The van der Waals surface area contributed by atoms with Gasteiger partial charge in [0.1, 0.15) is 12.1 Å². The predicted octanol–water partition coefficient (Wildman–Crippen LogP) is 3.61. The lowest BCUT2D eigenvalue weighted by Crippen LogP contribution is -2.55. The molecule has 0 aromatic heterocycles. The smallest absolute Gasteiger partial charge is 0.262 e. The molecule has 9 rings (SSSR count). The molecule has 5 amide bonds. The Bertz CT molecular complexity index is 2180. The summed E-state index contributed by atoms with van der Waals surface area (Å²) in [6, 6.07) is 20.1. The van der Waals surface area contributed by atoms with Crippen molar-refractivity contribution in [2.24, 2.45) is 11.3 Å². The van der Waals surface area contributed by atoms with E-state index in [2.05, 4.69) is 43.1 Å². The number of imide groups is 2. The summed E-state index contributed by atoms with van der Waals surface area (Å²) in [6.07, 6.45) is 2.23. The fraction of sp³-hybridized carbons (Fsp3) is 0.429. The fourth-order valence-corrected chi connectivity index (χ4v) is 9.71. The number of hydrogen-bond donors (Lipinski definition) is 1. The van der Waals surface area contributed by atoms with Gasteiger partial charge in [0.15, 0.2) is 0 Å². The molecule has 1 N–H and O–H groups in total. The maximum atomic E-state index is 13.6. The van der Waals surface area contributed by atoms with Gasteiger partial charge in [0, 0.05) is 112 Å². The second-order valence-corrected chi connectivity index (χ2v) is 16.6. The monoisotopic (exact) mass is 774 g/mol. The molecule has 5 saturated heterocycles. The van der Waals surface area contributed by atoms with Gasteiger partial charge in [0.05, 0.1) is 21.7 Å². The largest absolute Gasteiger partial charge is 0.371 e. The maximum Gasteiger partial charge on any atom is 0.262 e. The maximum absolute atomic E-state index is 13.6. The Hall–Kier alpha value is -5.45. The van der Waals surface area contributed by atoms with Crippen molar-refractivity contribution in [3.63, 3.8) is 0 Å². The fourth-order valence-electron chi connectivity index (χ4n) is 9.49. The second-order valence-electron chi connectivity index (χ2n) is 16.2. The molecule has 14 heteroatoms. The van der Waals surface area contributed by atoms with E-state index in [0.717, 1.165) is 112 Å². The molecule has 2 atom stereocenters. The lowest BCUT2D eigenvalue weighted by atomic mass is 9.86. The van der Waals surface area contributed by atoms with E-state index in [0.29, 0.717) is 27.6 Å². The first kappa shape index (κ1) is 36.2. The van der Waals surface area contributed by atoms with Crippen LogP contribution >= 0.6 is 11.6 Å². The van der Waals surface area contributed by atoms with Gasteiger partial charge in [-0.15, -0.1) is 0 Å². The highest BCUT2D eigenvalue weighted by Gasteiger charge is 2.46. The van der Waals surface area contributed by atoms with Crippen LogP contribution in [-0.2, 0) is 9.59 Å². The zero-order valence-electron chi connectivity index (χ0n) is 31.1. The van der Waals surface area contributed by atoms with Crippen LogP contribution in [0, 0.1) is 22.7 Å². The summed E-state index contributed by atoms with van der Waals surface area (Å²) in [5.41, 5.74) is 4.91. The van der Waals surface area contributed by atoms with Crippen LogP contribution in [0.15, 0.2) is 60.7 Å². The summed E-state index contributed by atoms with van der Waals surface area (Å²) in [7, 11) is 0. The van der Waals surface area contributed by atoms with Gasteiger partial charge in [-0.05, 0) is 79.9 Å². The topological polar surface area (TPSA) is 141 Å². The van der Waals surface area contributed by atoms with E-state index in [1.165, 1.54) is 0 Å². The Morgan fingerprint density at radius 1 is 0.786 bits per heavy atom. The molecule has 0 bridgehead atoms. The number of carbonyl (C=O) groups excluding carboxylic acids is 5. The van der Waals surface area contributed by atoms with E-state index in [1.807, 2.05) is 35.2 Å². The van der Waals surface area contributed by atoms with E-state index in [4.69, 9.17) is 11.6 Å². The number of fused-ring (bicyclic) bond motifs is 1. The van der Waals surface area contributed by atoms with Gasteiger partial charge >= 0.3 is 0 Å². The molecule has 0 saturated carbocycles. The van der Waals surface area contributed by atoms with Crippen LogP contribution in [0.5, 0.6) is 0 Å². The van der Waals surface area contributed by atoms with E-state index >= 15 is 0 Å². The van der Waals surface area contributed by atoms with Crippen molar-refractivity contribution in [2.45, 2.75) is 31.7 Å². The number of nitrogens with one attached hydrogen (secondary N) is 1. The SMILES string of the molecule is N#Cc1ccc(N2CCC3(CCN(C(=O)c4ccc(N5CCN(CC6CN(c7ccc8c(c7)C(=O)N(C7CCC(=O)NC7=O)C8=O)C6)CC5)cc4)C3)C2)cc1Cl. The third-order valence-corrected chi connectivity index (χ3v) is 13.0. The Morgan fingerprint density at radius 3 is 2.21 bits per heavy atom. The minimum absolute atomic E-state index is 0.0700. The number of hydrogen-bond acceptors (Lipinski definition) is 10. The Morgan fingerprint density at radius 2 is 1.48 bits per heavy atom. The van der Waals surface area contributed by atoms with Gasteiger partial charge in [0.2, 0.25) is 11.8 Å². The predicted molar refractivity (Wildman–Crippen MR) is 210 cm³/mol. The summed E-state index contributed by atoms with van der Waals surface area (Å²) >= 11 is 6.31. The summed E-state index contributed by atoms with van der Waals surface area (Å²) < 4.78 is 0. The molecule has 6 aliphatic heterocycles. The number of likely N-dealkylation sites (tertiary alicyclic amines) is 1. The normalized spacial score (nSPS) is 24.2. The Balaban J connectivity index is 0.729. The Labute approximate surface area is 330 Å². The number of nitrogens with zero attached hydrogens (tertiary/aromatic N) is 7. The standard InChI is InChI=1S/C42H43ClN8O5/c43-35-20-32(6-3-29(35)21-44)48-13-11-42(25-48)12-14-49(26-42)39(54)28-1-4-30(5-2-28)47-17-15-46(16-18-47)22-27-23-50(24-27)31-7-8-33-34(19-31)41(56)51(40(33)55)36-9-10-37(52)45-38(36)53/h1-8,19-20,27,36H,9-18,22-26H2,(H,45,52,53). The van der Waals surface area contributed by atoms with Crippen molar-refractivity contribution in [3.05, 3.63) is 87.9 Å². The van der Waals surface area contributed by atoms with Gasteiger partial charge < -0.3 is 19.6 Å². The third-order valence-electron chi connectivity index (χ3n) is 12.7. The van der Waals surface area contributed by atoms with Crippen molar-refractivity contribution in [1.82, 2.24) is 20.0 Å². The van der Waals surface area contributed by atoms with E-state index in [1.54, 1.807) is 18.2 Å². The van der Waals surface area contributed by atoms with E-state index < -0.39 is 29.7 Å². The molecule has 0 aliphatic carbocycles. The molecule has 13 nitrogen and oxygen atoms in total. The average Bonchev–Trinajstić information content (AvgIpc) is 3.88. The minimum Gasteiger partial charge on any atom is -0.371 e. The van der Waals surface area contributed by atoms with Gasteiger partial charge in [-0.3, -0.25) is 39.1 Å². The van der Waals surface area contributed by atoms with Crippen molar-refractivity contribution in [3.8, 4) is 6.07 Å². The van der Waals surface area contributed by atoms with Crippen LogP contribution in [0.25, 0.3) is 0 Å². The van der Waals surface area contributed by atoms with Crippen LogP contribution in [0.4, 0.5) is 17.1 Å². The second kappa shape index (κ2) is 14.2. The number of piperidine rings is 1. The van der Waals surface area contributed by atoms with Crippen LogP contribution in [0.3, 0.4) is 0 Å². The molecule has 2 unspecified atom stereocenters. The first-order valence-corrected chi connectivity index (χ1v) is 19.9. The quantitative estimate of drug-likeness (QED) is 0.354. The van der Waals surface area contributed by atoms with Crippen LogP contribution in [0.1, 0.15) is 62.3 Å². The molecule has 3 aromatic carbocycles. The number of anilines is 3. The summed E-state index contributed by atoms with van der Waals surface area (Å²) in [5.74, 6) is -1.40. The molecule has 6 aliphatic rings. The summed E-state index contributed by atoms with van der Waals surface area (Å²) in [4.78, 5) is 76.4. The highest BCUT2D eigenvalue weighted by atomic mass is 35.5. The summed E-state index contributed by atoms with van der Waals surface area (Å²) in [6.45, 7) is 9.69. The minimum atomic E-state index is -0.969. The van der Waals surface area contributed by atoms with Crippen LogP contribution in [-0.4, -0.2) is 122 Å².